The van der Waals surface area contributed by atoms with Gasteiger partial charge in [-0.2, -0.15) is 0 Å². The van der Waals surface area contributed by atoms with Gasteiger partial charge in [-0.3, -0.25) is 14.3 Å². The largest absolute Gasteiger partial charge is 0.459 e. The number of H-pyrrole nitrogens is 1. The van der Waals surface area contributed by atoms with Crippen molar-refractivity contribution in [2.45, 2.75) is 38.7 Å². The summed E-state index contributed by atoms with van der Waals surface area (Å²) < 4.78 is 18.6. The summed E-state index contributed by atoms with van der Waals surface area (Å²) in [6.45, 7) is 3.59. The van der Waals surface area contributed by atoms with Crippen molar-refractivity contribution in [2.75, 3.05) is 6.61 Å². The van der Waals surface area contributed by atoms with Crippen molar-refractivity contribution in [2.24, 2.45) is 0 Å². The van der Waals surface area contributed by atoms with E-state index in [4.69, 9.17) is 14.2 Å². The Hall–Kier alpha value is -5.20. The summed E-state index contributed by atoms with van der Waals surface area (Å²) in [6.07, 6.45) is -1.27. The average molecular weight is 565 g/mol. The summed E-state index contributed by atoms with van der Waals surface area (Å²) in [6, 6.07) is 22.9. The van der Waals surface area contributed by atoms with Gasteiger partial charge < -0.3 is 14.2 Å². The van der Waals surface area contributed by atoms with Crippen molar-refractivity contribution in [1.29, 1.82) is 0 Å². The monoisotopic (exact) mass is 564 g/mol. The first-order valence-corrected chi connectivity index (χ1v) is 13.4. The molecule has 1 aliphatic heterocycles. The highest BCUT2D eigenvalue weighted by atomic mass is 16.6. The van der Waals surface area contributed by atoms with Crippen LogP contribution >= 0.6 is 0 Å². The van der Waals surface area contributed by atoms with Crippen LogP contribution in [0.15, 0.2) is 94.6 Å². The summed E-state index contributed by atoms with van der Waals surface area (Å²) >= 11 is 0. The Balaban J connectivity index is 1.39. The molecule has 2 heterocycles. The van der Waals surface area contributed by atoms with Gasteiger partial charge >= 0.3 is 17.6 Å². The average Bonchev–Trinajstić information content (AvgIpc) is 3.38. The highest BCUT2D eigenvalue weighted by Gasteiger charge is 2.40. The molecule has 212 valence electrons. The molecule has 1 N–H and O–H groups in total. The van der Waals surface area contributed by atoms with Gasteiger partial charge in [0.25, 0.3) is 5.56 Å². The maximum Gasteiger partial charge on any atom is 0.338 e. The van der Waals surface area contributed by atoms with Gasteiger partial charge in [0, 0.05) is 18.2 Å². The molecule has 42 heavy (non-hydrogen) atoms. The number of carbonyl (C=O) groups excluding carboxylic acids is 2. The summed E-state index contributed by atoms with van der Waals surface area (Å²) in [7, 11) is 0. The smallest absolute Gasteiger partial charge is 0.338 e. The van der Waals surface area contributed by atoms with Crippen LogP contribution in [-0.4, -0.2) is 40.3 Å². The van der Waals surface area contributed by atoms with Gasteiger partial charge in [-0.15, -0.1) is 0 Å². The second-order valence-electron chi connectivity index (χ2n) is 9.96. The quantitative estimate of drug-likeness (QED) is 0.279. The molecule has 0 spiro atoms. The van der Waals surface area contributed by atoms with Gasteiger partial charge in [0.05, 0.1) is 11.1 Å². The number of aryl methyl sites for hydroxylation is 2. The number of carbonyl (C=O) groups is 2. The van der Waals surface area contributed by atoms with E-state index in [1.165, 1.54) is 10.8 Å². The van der Waals surface area contributed by atoms with Gasteiger partial charge in [-0.25, -0.2) is 14.4 Å². The number of hydrogen-bond acceptors (Lipinski definition) is 7. The van der Waals surface area contributed by atoms with E-state index in [1.54, 1.807) is 60.7 Å². The molecule has 0 radical (unpaired) electrons. The SMILES string of the molecule is Cc1ccc(C(=O)OC[C@H]2O[C@@H](n3cc(C#Cc4ccccc4)c(=O)[nH]c3=O)C[C@@H]2OC(=O)c2ccc(C)cc2)cc1. The lowest BCUT2D eigenvalue weighted by atomic mass is 10.1. The lowest BCUT2D eigenvalue weighted by Gasteiger charge is -2.19. The summed E-state index contributed by atoms with van der Waals surface area (Å²) in [5, 5.41) is 0. The van der Waals surface area contributed by atoms with Gasteiger partial charge in [-0.1, -0.05) is 65.4 Å². The first-order chi connectivity index (χ1) is 20.3. The lowest BCUT2D eigenvalue weighted by molar-refractivity contribution is -0.0582. The number of aromatic nitrogens is 2. The fourth-order valence-corrected chi connectivity index (χ4v) is 4.42. The Labute approximate surface area is 241 Å². The Morgan fingerprint density at radius 3 is 2.14 bits per heavy atom. The number of nitrogens with one attached hydrogen (secondary N) is 1. The number of hydrogen-bond donors (Lipinski definition) is 1. The van der Waals surface area contributed by atoms with Crippen molar-refractivity contribution >= 4 is 11.9 Å². The number of ether oxygens (including phenoxy) is 3. The van der Waals surface area contributed by atoms with Crippen LogP contribution in [0.5, 0.6) is 0 Å². The van der Waals surface area contributed by atoms with Gasteiger partial charge in [0.15, 0.2) is 0 Å². The zero-order chi connectivity index (χ0) is 29.6. The van der Waals surface area contributed by atoms with Crippen molar-refractivity contribution in [3.8, 4) is 11.8 Å². The molecule has 4 aromatic rings. The molecular formula is C33H28N2O7. The molecule has 1 fully saturated rings. The fourth-order valence-electron chi connectivity index (χ4n) is 4.42. The molecule has 9 nitrogen and oxygen atoms in total. The van der Waals surface area contributed by atoms with Gasteiger partial charge in [-0.05, 0) is 50.2 Å². The van der Waals surface area contributed by atoms with E-state index in [9.17, 15) is 19.2 Å². The highest BCUT2D eigenvalue weighted by Crippen LogP contribution is 2.31. The van der Waals surface area contributed by atoms with Crippen LogP contribution in [-0.2, 0) is 14.2 Å². The van der Waals surface area contributed by atoms with E-state index in [0.29, 0.717) is 16.7 Å². The van der Waals surface area contributed by atoms with Crippen LogP contribution in [0, 0.1) is 25.7 Å². The maximum atomic E-state index is 13.0. The van der Waals surface area contributed by atoms with E-state index in [1.807, 2.05) is 32.0 Å². The van der Waals surface area contributed by atoms with Crippen LogP contribution in [0.25, 0.3) is 0 Å². The fraction of sp³-hybridized carbons (Fsp3) is 0.212. The first-order valence-electron chi connectivity index (χ1n) is 13.4. The zero-order valence-electron chi connectivity index (χ0n) is 23.0. The van der Waals surface area contributed by atoms with E-state index in [0.717, 1.165) is 11.1 Å². The van der Waals surface area contributed by atoms with E-state index in [-0.39, 0.29) is 18.6 Å². The molecule has 0 aliphatic carbocycles. The molecular weight excluding hydrogens is 536 g/mol. The van der Waals surface area contributed by atoms with Crippen LogP contribution in [0.2, 0.25) is 0 Å². The number of esters is 2. The predicted octanol–water partition coefficient (Wildman–Crippen LogP) is 3.92. The Morgan fingerprint density at radius 1 is 0.881 bits per heavy atom. The maximum absolute atomic E-state index is 13.0. The standard InChI is InChI=1S/C33H28N2O7/c1-21-8-13-24(14-9-21)31(37)40-20-28-27(42-32(38)25-15-10-22(2)11-16-25)18-29(41-28)35-19-26(30(36)34-33(35)39)17-12-23-6-4-3-5-7-23/h3-11,13-16,19,27-29H,18,20H2,1-2H3,(H,34,36,39)/t27-,28+,29+/m0/s1. The molecule has 0 unspecified atom stereocenters. The minimum atomic E-state index is -0.925. The van der Waals surface area contributed by atoms with Gasteiger partial charge in [0.1, 0.15) is 30.6 Å². The van der Waals surface area contributed by atoms with E-state index >= 15 is 0 Å². The Kier molecular flexibility index (Phi) is 8.46. The third kappa shape index (κ3) is 6.74. The number of benzene rings is 3. The molecule has 3 atom stereocenters. The van der Waals surface area contributed by atoms with E-state index < -0.39 is 41.6 Å². The van der Waals surface area contributed by atoms with Gasteiger partial charge in [0.2, 0.25) is 0 Å². The van der Waals surface area contributed by atoms with Crippen molar-refractivity contribution in [3.63, 3.8) is 0 Å². The molecule has 9 heteroatoms. The van der Waals surface area contributed by atoms with Crippen LogP contribution in [0.1, 0.15) is 55.6 Å². The third-order valence-corrected chi connectivity index (χ3v) is 6.79. The molecule has 1 saturated heterocycles. The molecule has 5 rings (SSSR count). The Bertz CT molecular complexity index is 1760. The molecule has 0 saturated carbocycles. The number of nitrogens with zero attached hydrogens (tertiary/aromatic N) is 1. The molecule has 1 aromatic heterocycles. The first kappa shape index (κ1) is 28.3. The second kappa shape index (κ2) is 12.5. The van der Waals surface area contributed by atoms with Crippen molar-refractivity contribution < 1.29 is 23.8 Å². The summed E-state index contributed by atoms with van der Waals surface area (Å²) in [5.41, 5.74) is 2.10. The molecule has 3 aromatic carbocycles. The summed E-state index contributed by atoms with van der Waals surface area (Å²) in [5.74, 6) is 4.56. The predicted molar refractivity (Wildman–Crippen MR) is 154 cm³/mol. The van der Waals surface area contributed by atoms with Crippen LogP contribution in [0.3, 0.4) is 0 Å². The molecule has 1 aliphatic rings. The van der Waals surface area contributed by atoms with E-state index in [2.05, 4.69) is 16.8 Å². The van der Waals surface area contributed by atoms with Crippen molar-refractivity contribution in [1.82, 2.24) is 9.55 Å². The normalized spacial score (nSPS) is 17.6. The summed E-state index contributed by atoms with van der Waals surface area (Å²) in [4.78, 5) is 53.2. The second-order valence-corrected chi connectivity index (χ2v) is 9.96. The lowest BCUT2D eigenvalue weighted by Crippen LogP contribution is -2.34. The topological polar surface area (TPSA) is 117 Å². The zero-order valence-corrected chi connectivity index (χ0v) is 23.0. The third-order valence-electron chi connectivity index (χ3n) is 6.79. The molecule has 0 amide bonds. The molecule has 0 bridgehead atoms. The van der Waals surface area contributed by atoms with Crippen LogP contribution in [0.4, 0.5) is 0 Å². The minimum Gasteiger partial charge on any atom is -0.459 e. The number of rotatable bonds is 6. The van der Waals surface area contributed by atoms with Crippen molar-refractivity contribution in [3.05, 3.63) is 139 Å². The minimum absolute atomic E-state index is 0.0597. The number of aromatic amines is 1. The van der Waals surface area contributed by atoms with Crippen LogP contribution < -0.4 is 11.2 Å². The highest BCUT2D eigenvalue weighted by molar-refractivity contribution is 5.90. The Morgan fingerprint density at radius 2 is 1.50 bits per heavy atom.